The van der Waals surface area contributed by atoms with E-state index in [0.717, 1.165) is 0 Å². The summed E-state index contributed by atoms with van der Waals surface area (Å²) in [4.78, 5) is 46.2. The Labute approximate surface area is 184 Å². The lowest BCUT2D eigenvalue weighted by atomic mass is 9.71. The fourth-order valence-electron chi connectivity index (χ4n) is 4.63. The normalized spacial score (nSPS) is 23.4. The number of nitrogens with one attached hydrogen (secondary N) is 2. The molecule has 1 spiro atoms. The predicted octanol–water partition coefficient (Wildman–Crippen LogP) is 3.89. The molecule has 1 aromatic heterocycles. The molecule has 0 unspecified atom stereocenters. The van der Waals surface area contributed by atoms with Crippen LogP contribution in [0.2, 0.25) is 5.02 Å². The molecule has 2 N–H and O–H groups in total. The number of H-pyrrole nitrogens is 1. The number of halogens is 2. The van der Waals surface area contributed by atoms with E-state index in [1.807, 2.05) is 0 Å². The Hall–Kier alpha value is -2.74. The number of carbonyl (C=O) groups excluding carboxylic acids is 3. The molecule has 2 aromatic rings. The lowest BCUT2D eigenvalue weighted by Crippen LogP contribution is -2.44. The predicted molar refractivity (Wildman–Crippen MR) is 114 cm³/mol. The third-order valence-electron chi connectivity index (χ3n) is 6.44. The second-order valence-electron chi connectivity index (χ2n) is 8.23. The number of imidazole rings is 1. The minimum Gasteiger partial charge on any atom is -0.348 e. The number of anilines is 1. The number of ketones is 1. The fraction of sp³-hybridized carbons (Fsp3) is 0.455. The number of carbonyl (C=O) groups is 3. The number of benzene rings is 1. The van der Waals surface area contributed by atoms with E-state index in [1.54, 1.807) is 17.9 Å². The highest BCUT2D eigenvalue weighted by Gasteiger charge is 2.49. The van der Waals surface area contributed by atoms with Crippen molar-refractivity contribution in [3.63, 3.8) is 0 Å². The van der Waals surface area contributed by atoms with Gasteiger partial charge in [0.05, 0.1) is 22.5 Å². The van der Waals surface area contributed by atoms with Crippen molar-refractivity contribution in [1.29, 1.82) is 0 Å². The molecule has 2 aliphatic rings. The minimum absolute atomic E-state index is 0.00943. The molecular weight excluding hydrogens is 423 g/mol. The molecule has 1 saturated heterocycles. The molecule has 4 rings (SSSR count). The Morgan fingerprint density at radius 2 is 2.06 bits per heavy atom. The third-order valence-corrected chi connectivity index (χ3v) is 6.75. The van der Waals surface area contributed by atoms with E-state index in [0.29, 0.717) is 44.3 Å². The van der Waals surface area contributed by atoms with Crippen LogP contribution < -0.4 is 10.2 Å². The molecule has 31 heavy (non-hydrogen) atoms. The molecule has 1 saturated carbocycles. The zero-order valence-corrected chi connectivity index (χ0v) is 18.0. The Balaban J connectivity index is 1.40. The van der Waals surface area contributed by atoms with Gasteiger partial charge in [-0.05, 0) is 50.3 Å². The van der Waals surface area contributed by atoms with Gasteiger partial charge >= 0.3 is 0 Å². The maximum Gasteiger partial charge on any atom is 0.270 e. The number of amides is 2. The minimum atomic E-state index is -0.476. The summed E-state index contributed by atoms with van der Waals surface area (Å²) in [6.45, 7) is 2.26. The fourth-order valence-corrected chi connectivity index (χ4v) is 4.90. The van der Waals surface area contributed by atoms with E-state index in [-0.39, 0.29) is 46.5 Å². The second-order valence-corrected chi connectivity index (χ2v) is 8.64. The van der Waals surface area contributed by atoms with Gasteiger partial charge in [-0.3, -0.25) is 14.4 Å². The second kappa shape index (κ2) is 8.42. The largest absolute Gasteiger partial charge is 0.348 e. The Morgan fingerprint density at radius 3 is 2.74 bits per heavy atom. The molecule has 7 nitrogen and oxygen atoms in total. The Bertz CT molecular complexity index is 1030. The first-order valence-corrected chi connectivity index (χ1v) is 10.9. The summed E-state index contributed by atoms with van der Waals surface area (Å²) in [5, 5.41) is 3.20. The molecule has 0 radical (unpaired) electrons. The topological polar surface area (TPSA) is 95.2 Å². The van der Waals surface area contributed by atoms with Crippen molar-refractivity contribution in [2.24, 2.45) is 5.41 Å². The quantitative estimate of drug-likeness (QED) is 0.681. The molecule has 164 valence electrons. The van der Waals surface area contributed by atoms with Crippen LogP contribution in [-0.2, 0) is 4.79 Å². The van der Waals surface area contributed by atoms with Gasteiger partial charge in [-0.25, -0.2) is 9.37 Å². The van der Waals surface area contributed by atoms with Crippen molar-refractivity contribution in [3.8, 4) is 0 Å². The number of aromatic amines is 1. The van der Waals surface area contributed by atoms with Crippen LogP contribution in [0.3, 0.4) is 0 Å². The molecular formula is C22H24ClFN4O3. The lowest BCUT2D eigenvalue weighted by Gasteiger charge is -2.36. The van der Waals surface area contributed by atoms with Crippen molar-refractivity contribution in [2.75, 3.05) is 11.4 Å². The van der Waals surface area contributed by atoms with Gasteiger partial charge in [-0.1, -0.05) is 18.5 Å². The molecule has 1 aliphatic carbocycles. The molecule has 2 amide bonds. The van der Waals surface area contributed by atoms with Gasteiger partial charge in [0, 0.05) is 19.0 Å². The number of aromatic nitrogens is 2. The van der Waals surface area contributed by atoms with E-state index in [2.05, 4.69) is 15.3 Å². The highest BCUT2D eigenvalue weighted by molar-refractivity contribution is 6.34. The standard InChI is InChI=1S/C22H24ClFN4O3/c1-2-17(29)18-19(26-12-25-18)20(30)27-14-5-7-22(8-6-14)9-10-28(21(22)31)16-4-3-13(24)11-15(16)23/h3-4,11-12,14H,2,5-10H2,1H3,(H,25,26)(H,27,30). The molecule has 9 heteroatoms. The van der Waals surface area contributed by atoms with Crippen molar-refractivity contribution >= 4 is 34.9 Å². The SMILES string of the molecule is CCC(=O)c1nc[nH]c1C(=O)NC1CCC2(CC1)CCN(c1ccc(F)cc1Cl)C2=O. The number of hydrogen-bond donors (Lipinski definition) is 2. The summed E-state index contributed by atoms with van der Waals surface area (Å²) in [6.07, 6.45) is 4.94. The summed E-state index contributed by atoms with van der Waals surface area (Å²) >= 11 is 6.16. The summed E-state index contributed by atoms with van der Waals surface area (Å²) in [5.41, 5.74) is 0.398. The van der Waals surface area contributed by atoms with Crippen LogP contribution in [-0.4, -0.2) is 40.2 Å². The van der Waals surface area contributed by atoms with Crippen LogP contribution in [0.4, 0.5) is 10.1 Å². The zero-order valence-electron chi connectivity index (χ0n) is 17.2. The van der Waals surface area contributed by atoms with Gasteiger partial charge in [0.1, 0.15) is 17.2 Å². The van der Waals surface area contributed by atoms with Crippen molar-refractivity contribution in [3.05, 3.63) is 46.8 Å². The van der Waals surface area contributed by atoms with Crippen LogP contribution in [0, 0.1) is 11.2 Å². The van der Waals surface area contributed by atoms with E-state index in [9.17, 15) is 18.8 Å². The molecule has 0 atom stereocenters. The highest BCUT2D eigenvalue weighted by atomic mass is 35.5. The number of Topliss-reactive ketones (excluding diaryl/α,β-unsaturated/α-hetero) is 1. The molecule has 1 aromatic carbocycles. The van der Waals surface area contributed by atoms with Crippen molar-refractivity contribution < 1.29 is 18.8 Å². The number of rotatable bonds is 5. The smallest absolute Gasteiger partial charge is 0.270 e. The van der Waals surface area contributed by atoms with Gasteiger partial charge in [0.25, 0.3) is 5.91 Å². The van der Waals surface area contributed by atoms with Gasteiger partial charge in [0.15, 0.2) is 5.78 Å². The van der Waals surface area contributed by atoms with E-state index < -0.39 is 11.2 Å². The summed E-state index contributed by atoms with van der Waals surface area (Å²) in [5.74, 6) is -0.972. The zero-order chi connectivity index (χ0) is 22.2. The van der Waals surface area contributed by atoms with E-state index in [4.69, 9.17) is 11.6 Å². The maximum absolute atomic E-state index is 13.4. The van der Waals surface area contributed by atoms with Crippen LogP contribution in [0.5, 0.6) is 0 Å². The van der Waals surface area contributed by atoms with Crippen molar-refractivity contribution in [2.45, 2.75) is 51.5 Å². The molecule has 1 aliphatic heterocycles. The molecule has 2 heterocycles. The summed E-state index contributed by atoms with van der Waals surface area (Å²) in [7, 11) is 0. The molecule has 2 fully saturated rings. The first kappa shape index (κ1) is 21.5. The Morgan fingerprint density at radius 1 is 1.32 bits per heavy atom. The van der Waals surface area contributed by atoms with E-state index in [1.165, 1.54) is 18.5 Å². The summed E-state index contributed by atoms with van der Waals surface area (Å²) in [6, 6.07) is 3.98. The Kier molecular flexibility index (Phi) is 5.83. The average molecular weight is 447 g/mol. The van der Waals surface area contributed by atoms with Crippen LogP contribution in [0.25, 0.3) is 0 Å². The van der Waals surface area contributed by atoms with Gasteiger partial charge in [-0.15, -0.1) is 0 Å². The van der Waals surface area contributed by atoms with Crippen LogP contribution in [0.15, 0.2) is 24.5 Å². The number of nitrogens with zero attached hydrogens (tertiary/aromatic N) is 2. The molecule has 0 bridgehead atoms. The van der Waals surface area contributed by atoms with Crippen LogP contribution in [0.1, 0.15) is 66.4 Å². The third kappa shape index (κ3) is 3.96. The highest BCUT2D eigenvalue weighted by Crippen LogP contribution is 2.47. The van der Waals surface area contributed by atoms with Gasteiger partial charge in [-0.2, -0.15) is 0 Å². The van der Waals surface area contributed by atoms with Crippen molar-refractivity contribution in [1.82, 2.24) is 15.3 Å². The maximum atomic E-state index is 13.4. The first-order chi connectivity index (χ1) is 14.8. The van der Waals surface area contributed by atoms with E-state index >= 15 is 0 Å². The van der Waals surface area contributed by atoms with Crippen LogP contribution >= 0.6 is 11.6 Å². The lowest BCUT2D eigenvalue weighted by molar-refractivity contribution is -0.127. The monoisotopic (exact) mass is 446 g/mol. The summed E-state index contributed by atoms with van der Waals surface area (Å²) < 4.78 is 13.4. The average Bonchev–Trinajstić information content (AvgIpc) is 3.36. The van der Waals surface area contributed by atoms with Gasteiger partial charge < -0.3 is 15.2 Å². The van der Waals surface area contributed by atoms with Gasteiger partial charge in [0.2, 0.25) is 5.91 Å². The number of hydrogen-bond acceptors (Lipinski definition) is 4. The first-order valence-electron chi connectivity index (χ1n) is 10.5.